The number of hydrogen-bond acceptors (Lipinski definition) is 3. The molecule has 1 aromatic carbocycles. The Balaban J connectivity index is 2.29. The topological polar surface area (TPSA) is 66.5 Å². The van der Waals surface area contributed by atoms with Crippen molar-refractivity contribution in [2.24, 2.45) is 0 Å². The van der Waals surface area contributed by atoms with Crippen LogP contribution in [0.3, 0.4) is 0 Å². The highest BCUT2D eigenvalue weighted by molar-refractivity contribution is 7.89. The minimum atomic E-state index is -3.60. The summed E-state index contributed by atoms with van der Waals surface area (Å²) in [6.07, 6.45) is 0. The van der Waals surface area contributed by atoms with Crippen LogP contribution in [0.2, 0.25) is 5.02 Å². The van der Waals surface area contributed by atoms with Crippen LogP contribution in [0, 0.1) is 0 Å². The maximum Gasteiger partial charge on any atom is 0.243 e. The monoisotopic (exact) mass is 274 g/mol. The van der Waals surface area contributed by atoms with Crippen LogP contribution < -0.4 is 5.32 Å². The fourth-order valence-corrected chi connectivity index (χ4v) is 3.10. The van der Waals surface area contributed by atoms with Gasteiger partial charge in [0.25, 0.3) is 0 Å². The summed E-state index contributed by atoms with van der Waals surface area (Å²) in [6.45, 7) is 0.493. The molecule has 0 spiro atoms. The van der Waals surface area contributed by atoms with Gasteiger partial charge in [-0.05, 0) is 24.3 Å². The first-order chi connectivity index (χ1) is 8.00. The average Bonchev–Trinajstić information content (AvgIpc) is 2.29. The van der Waals surface area contributed by atoms with Gasteiger partial charge < -0.3 is 5.32 Å². The number of rotatable bonds is 2. The molecule has 0 radical (unpaired) electrons. The van der Waals surface area contributed by atoms with E-state index in [2.05, 4.69) is 5.32 Å². The zero-order valence-electron chi connectivity index (χ0n) is 8.89. The first-order valence-corrected chi connectivity index (χ1v) is 6.84. The number of sulfonamides is 1. The van der Waals surface area contributed by atoms with E-state index in [1.807, 2.05) is 0 Å². The van der Waals surface area contributed by atoms with Crippen molar-refractivity contribution >= 4 is 27.5 Å². The molecule has 0 bridgehead atoms. The lowest BCUT2D eigenvalue weighted by Gasteiger charge is -2.25. The van der Waals surface area contributed by atoms with E-state index in [0.29, 0.717) is 11.6 Å². The molecule has 0 unspecified atom stereocenters. The number of carbonyl (C=O) groups excluding carboxylic acids is 1. The van der Waals surface area contributed by atoms with E-state index in [-0.39, 0.29) is 23.9 Å². The Morgan fingerprint density at radius 3 is 2.47 bits per heavy atom. The fraction of sp³-hybridized carbons (Fsp3) is 0.300. The summed E-state index contributed by atoms with van der Waals surface area (Å²) >= 11 is 5.70. The maximum absolute atomic E-state index is 12.1. The molecule has 2 rings (SSSR count). The second-order valence-electron chi connectivity index (χ2n) is 3.64. The zero-order chi connectivity index (χ0) is 12.5. The average molecular weight is 275 g/mol. The summed E-state index contributed by atoms with van der Waals surface area (Å²) in [6, 6.07) is 5.89. The van der Waals surface area contributed by atoms with E-state index in [1.54, 1.807) is 0 Å². The van der Waals surface area contributed by atoms with E-state index < -0.39 is 10.0 Å². The molecule has 1 fully saturated rings. The molecule has 17 heavy (non-hydrogen) atoms. The van der Waals surface area contributed by atoms with Crippen LogP contribution in [0.5, 0.6) is 0 Å². The largest absolute Gasteiger partial charge is 0.354 e. The van der Waals surface area contributed by atoms with E-state index in [1.165, 1.54) is 24.3 Å². The van der Waals surface area contributed by atoms with Gasteiger partial charge >= 0.3 is 0 Å². The van der Waals surface area contributed by atoms with Gasteiger partial charge in [0.2, 0.25) is 15.9 Å². The van der Waals surface area contributed by atoms with Gasteiger partial charge in [-0.2, -0.15) is 4.31 Å². The van der Waals surface area contributed by atoms with Crippen LogP contribution in [0.1, 0.15) is 0 Å². The Hall–Kier alpha value is -1.11. The van der Waals surface area contributed by atoms with Crippen LogP contribution in [0.15, 0.2) is 29.2 Å². The van der Waals surface area contributed by atoms with E-state index in [4.69, 9.17) is 11.6 Å². The third-order valence-electron chi connectivity index (χ3n) is 2.45. The number of piperazine rings is 1. The molecule has 0 aromatic heterocycles. The summed E-state index contributed by atoms with van der Waals surface area (Å²) in [4.78, 5) is 11.3. The predicted octanol–water partition coefficient (Wildman–Crippen LogP) is 0.460. The standard InChI is InChI=1S/C10H11ClN2O3S/c11-8-1-3-9(4-2-8)17(15,16)13-6-5-12-10(14)7-13/h1-4H,5-7H2,(H,12,14). The molecule has 5 nitrogen and oxygen atoms in total. The first-order valence-electron chi connectivity index (χ1n) is 5.02. The van der Waals surface area contributed by atoms with Crippen molar-refractivity contribution in [3.63, 3.8) is 0 Å². The minimum absolute atomic E-state index is 0.134. The van der Waals surface area contributed by atoms with Crippen molar-refractivity contribution in [1.82, 2.24) is 9.62 Å². The SMILES string of the molecule is O=C1CN(S(=O)(=O)c2ccc(Cl)cc2)CCN1. The van der Waals surface area contributed by atoms with Crippen LogP contribution >= 0.6 is 11.6 Å². The number of nitrogens with zero attached hydrogens (tertiary/aromatic N) is 1. The highest BCUT2D eigenvalue weighted by Gasteiger charge is 2.28. The summed E-state index contributed by atoms with van der Waals surface area (Å²) in [5.41, 5.74) is 0. The van der Waals surface area contributed by atoms with Gasteiger partial charge in [-0.1, -0.05) is 11.6 Å². The lowest BCUT2D eigenvalue weighted by molar-refractivity contribution is -0.122. The van der Waals surface area contributed by atoms with Crippen molar-refractivity contribution in [2.75, 3.05) is 19.6 Å². The molecule has 7 heteroatoms. The van der Waals surface area contributed by atoms with Gasteiger partial charge in [0.1, 0.15) is 0 Å². The van der Waals surface area contributed by atoms with E-state index >= 15 is 0 Å². The van der Waals surface area contributed by atoms with Crippen molar-refractivity contribution in [3.8, 4) is 0 Å². The van der Waals surface area contributed by atoms with Crippen molar-refractivity contribution in [2.45, 2.75) is 4.90 Å². The van der Waals surface area contributed by atoms with E-state index in [9.17, 15) is 13.2 Å². The summed E-state index contributed by atoms with van der Waals surface area (Å²) < 4.78 is 25.5. The third kappa shape index (κ3) is 2.59. The smallest absolute Gasteiger partial charge is 0.243 e. The number of hydrogen-bond donors (Lipinski definition) is 1. The second-order valence-corrected chi connectivity index (χ2v) is 6.02. The predicted molar refractivity (Wildman–Crippen MR) is 63.2 cm³/mol. The highest BCUT2D eigenvalue weighted by Crippen LogP contribution is 2.18. The van der Waals surface area contributed by atoms with Crippen molar-refractivity contribution < 1.29 is 13.2 Å². The number of nitrogens with one attached hydrogen (secondary N) is 1. The third-order valence-corrected chi connectivity index (χ3v) is 4.57. The van der Waals surface area contributed by atoms with Crippen LogP contribution in [0.4, 0.5) is 0 Å². The second kappa shape index (κ2) is 4.64. The van der Waals surface area contributed by atoms with Gasteiger partial charge in [-0.25, -0.2) is 8.42 Å². The molecule has 1 saturated heterocycles. The lowest BCUT2D eigenvalue weighted by Crippen LogP contribution is -2.49. The van der Waals surface area contributed by atoms with E-state index in [0.717, 1.165) is 4.31 Å². The molecule has 0 atom stereocenters. The Labute approximate surface area is 104 Å². The molecule has 0 saturated carbocycles. The zero-order valence-corrected chi connectivity index (χ0v) is 10.5. The first kappa shape index (κ1) is 12.3. The molecule has 0 aliphatic carbocycles. The molecule has 1 heterocycles. The Kier molecular flexibility index (Phi) is 3.37. The van der Waals surface area contributed by atoms with Crippen molar-refractivity contribution in [3.05, 3.63) is 29.3 Å². The summed E-state index contributed by atoms with van der Waals surface area (Å²) in [5, 5.41) is 3.05. The number of benzene rings is 1. The number of carbonyl (C=O) groups is 1. The molecule has 1 aliphatic rings. The normalized spacial score (nSPS) is 17.8. The highest BCUT2D eigenvalue weighted by atomic mass is 35.5. The Morgan fingerprint density at radius 1 is 1.24 bits per heavy atom. The molecule has 1 amide bonds. The summed E-state index contributed by atoms with van der Waals surface area (Å²) in [7, 11) is -3.60. The van der Waals surface area contributed by atoms with Gasteiger partial charge in [-0.15, -0.1) is 0 Å². The van der Waals surface area contributed by atoms with Gasteiger partial charge in [0.15, 0.2) is 0 Å². The Bertz CT molecular complexity index is 527. The lowest BCUT2D eigenvalue weighted by atomic mass is 10.4. The van der Waals surface area contributed by atoms with Crippen LogP contribution in [0.25, 0.3) is 0 Å². The molecule has 92 valence electrons. The van der Waals surface area contributed by atoms with Gasteiger partial charge in [0, 0.05) is 18.1 Å². The molecule has 1 aromatic rings. The molecule has 1 N–H and O–H groups in total. The van der Waals surface area contributed by atoms with Crippen molar-refractivity contribution in [1.29, 1.82) is 0 Å². The molecular weight excluding hydrogens is 264 g/mol. The van der Waals surface area contributed by atoms with Gasteiger partial charge in [-0.3, -0.25) is 4.79 Å². The maximum atomic E-state index is 12.1. The van der Waals surface area contributed by atoms with Crippen LogP contribution in [-0.2, 0) is 14.8 Å². The Morgan fingerprint density at radius 2 is 1.88 bits per heavy atom. The van der Waals surface area contributed by atoms with Gasteiger partial charge in [0.05, 0.1) is 11.4 Å². The number of amides is 1. The minimum Gasteiger partial charge on any atom is -0.354 e. The number of halogens is 1. The fourth-order valence-electron chi connectivity index (χ4n) is 1.58. The van der Waals surface area contributed by atoms with Crippen LogP contribution in [-0.4, -0.2) is 38.3 Å². The quantitative estimate of drug-likeness (QED) is 0.852. The molecule has 1 aliphatic heterocycles. The summed E-state index contributed by atoms with van der Waals surface area (Å²) in [5.74, 6) is -0.284. The molecular formula is C10H11ClN2O3S.